The van der Waals surface area contributed by atoms with Gasteiger partial charge in [-0.05, 0) is 13.8 Å². The van der Waals surface area contributed by atoms with Crippen molar-refractivity contribution in [2.24, 2.45) is 0 Å². The first-order valence-corrected chi connectivity index (χ1v) is 5.38. The Morgan fingerprint density at radius 3 is 2.31 bits per heavy atom. The molecule has 1 aromatic rings. The number of benzene rings is 1. The van der Waals surface area contributed by atoms with Gasteiger partial charge in [0.25, 0.3) is 0 Å². The van der Waals surface area contributed by atoms with Gasteiger partial charge in [0.05, 0.1) is 0 Å². The standard InChI is InChI=1S/C12H13ClO3/c1-12(2,16-10(14)8-13)11(15)9-6-4-3-5-7-9/h3-7H,8H2,1-2H3. The van der Waals surface area contributed by atoms with Crippen LogP contribution in [0.5, 0.6) is 0 Å². The molecule has 0 saturated heterocycles. The first-order valence-electron chi connectivity index (χ1n) is 4.85. The third-order valence-electron chi connectivity index (χ3n) is 2.06. The van der Waals surface area contributed by atoms with Gasteiger partial charge in [-0.2, -0.15) is 0 Å². The number of halogens is 1. The number of hydrogen-bond donors (Lipinski definition) is 0. The third-order valence-corrected chi connectivity index (χ3v) is 2.28. The quantitative estimate of drug-likeness (QED) is 0.461. The highest BCUT2D eigenvalue weighted by Crippen LogP contribution is 2.17. The number of ether oxygens (including phenoxy) is 1. The zero-order valence-electron chi connectivity index (χ0n) is 9.20. The molecular weight excluding hydrogens is 228 g/mol. The normalized spacial score (nSPS) is 10.9. The topological polar surface area (TPSA) is 43.4 Å². The SMILES string of the molecule is CC(C)(OC(=O)CCl)C(=O)c1ccccc1. The van der Waals surface area contributed by atoms with Gasteiger partial charge in [-0.1, -0.05) is 30.3 Å². The van der Waals surface area contributed by atoms with Crippen molar-refractivity contribution in [3.05, 3.63) is 35.9 Å². The van der Waals surface area contributed by atoms with Crippen molar-refractivity contribution >= 4 is 23.4 Å². The Balaban J connectivity index is 2.84. The van der Waals surface area contributed by atoms with Crippen molar-refractivity contribution in [1.29, 1.82) is 0 Å². The fourth-order valence-corrected chi connectivity index (χ4v) is 1.35. The van der Waals surface area contributed by atoms with Crippen molar-refractivity contribution in [3.63, 3.8) is 0 Å². The predicted octanol–water partition coefficient (Wildman–Crippen LogP) is 2.43. The molecule has 4 heteroatoms. The molecule has 1 aromatic carbocycles. The van der Waals surface area contributed by atoms with E-state index in [2.05, 4.69) is 0 Å². The Hall–Kier alpha value is -1.35. The molecule has 0 heterocycles. The largest absolute Gasteiger partial charge is 0.450 e. The highest BCUT2D eigenvalue weighted by Gasteiger charge is 2.32. The maximum atomic E-state index is 12.0. The molecule has 0 aliphatic rings. The van der Waals surface area contributed by atoms with Gasteiger partial charge in [-0.15, -0.1) is 11.6 Å². The summed E-state index contributed by atoms with van der Waals surface area (Å²) in [6, 6.07) is 8.69. The summed E-state index contributed by atoms with van der Waals surface area (Å²) in [6.07, 6.45) is 0. The summed E-state index contributed by atoms with van der Waals surface area (Å²) in [6.45, 7) is 3.10. The summed E-state index contributed by atoms with van der Waals surface area (Å²) >= 11 is 5.32. The highest BCUT2D eigenvalue weighted by molar-refractivity contribution is 6.26. The Kier molecular flexibility index (Phi) is 4.07. The molecule has 0 aliphatic carbocycles. The molecule has 1 rings (SSSR count). The molecule has 86 valence electrons. The minimum absolute atomic E-state index is 0.244. The highest BCUT2D eigenvalue weighted by atomic mass is 35.5. The second kappa shape index (κ2) is 5.12. The lowest BCUT2D eigenvalue weighted by Crippen LogP contribution is -2.37. The molecule has 0 bridgehead atoms. The van der Waals surface area contributed by atoms with Gasteiger partial charge in [0, 0.05) is 5.56 Å². The molecule has 0 spiro atoms. The summed E-state index contributed by atoms with van der Waals surface area (Å²) in [5, 5.41) is 0. The van der Waals surface area contributed by atoms with Gasteiger partial charge in [-0.3, -0.25) is 9.59 Å². The fourth-order valence-electron chi connectivity index (χ4n) is 1.30. The molecule has 0 aromatic heterocycles. The van der Waals surface area contributed by atoms with E-state index in [0.717, 1.165) is 0 Å². The van der Waals surface area contributed by atoms with Gasteiger partial charge < -0.3 is 4.74 Å². The Morgan fingerprint density at radius 1 is 1.25 bits per heavy atom. The number of ketones is 1. The maximum Gasteiger partial charge on any atom is 0.321 e. The summed E-state index contributed by atoms with van der Waals surface area (Å²) < 4.78 is 4.98. The number of esters is 1. The lowest BCUT2D eigenvalue weighted by Gasteiger charge is -2.23. The van der Waals surface area contributed by atoms with Crippen LogP contribution < -0.4 is 0 Å². The van der Waals surface area contributed by atoms with Crippen LogP contribution in [0, 0.1) is 0 Å². The molecule has 0 atom stereocenters. The number of Topliss-reactive ketones (excluding diaryl/α,β-unsaturated/α-hetero) is 1. The lowest BCUT2D eigenvalue weighted by atomic mass is 9.96. The second-order valence-electron chi connectivity index (χ2n) is 3.81. The van der Waals surface area contributed by atoms with Crippen molar-refractivity contribution < 1.29 is 14.3 Å². The lowest BCUT2D eigenvalue weighted by molar-refractivity contribution is -0.149. The van der Waals surface area contributed by atoms with Crippen LogP contribution in [0.4, 0.5) is 0 Å². The number of carbonyl (C=O) groups excluding carboxylic acids is 2. The van der Waals surface area contributed by atoms with Gasteiger partial charge in [-0.25, -0.2) is 0 Å². The van der Waals surface area contributed by atoms with Gasteiger partial charge in [0.2, 0.25) is 5.78 Å². The van der Waals surface area contributed by atoms with Crippen LogP contribution >= 0.6 is 11.6 Å². The van der Waals surface area contributed by atoms with E-state index < -0.39 is 11.6 Å². The summed E-state index contributed by atoms with van der Waals surface area (Å²) in [7, 11) is 0. The van der Waals surface area contributed by atoms with Crippen LogP contribution in [-0.4, -0.2) is 23.2 Å². The first-order chi connectivity index (χ1) is 7.47. The van der Waals surface area contributed by atoms with Crippen molar-refractivity contribution in [1.82, 2.24) is 0 Å². The summed E-state index contributed by atoms with van der Waals surface area (Å²) in [4.78, 5) is 23.1. The van der Waals surface area contributed by atoms with Crippen LogP contribution in [0.1, 0.15) is 24.2 Å². The maximum absolute atomic E-state index is 12.0. The number of carbonyl (C=O) groups is 2. The van der Waals surface area contributed by atoms with E-state index in [1.807, 2.05) is 6.07 Å². The van der Waals surface area contributed by atoms with E-state index in [4.69, 9.17) is 16.3 Å². The van der Waals surface area contributed by atoms with Crippen molar-refractivity contribution in [2.75, 3.05) is 5.88 Å². The molecule has 0 amide bonds. The Morgan fingerprint density at radius 2 is 1.81 bits per heavy atom. The molecule has 0 unspecified atom stereocenters. The predicted molar refractivity (Wildman–Crippen MR) is 61.7 cm³/mol. The number of hydrogen-bond acceptors (Lipinski definition) is 3. The molecule has 16 heavy (non-hydrogen) atoms. The van der Waals surface area contributed by atoms with Crippen molar-refractivity contribution in [3.8, 4) is 0 Å². The average Bonchev–Trinajstić information content (AvgIpc) is 2.28. The van der Waals surface area contributed by atoms with Crippen LogP contribution in [0.15, 0.2) is 30.3 Å². The second-order valence-corrected chi connectivity index (χ2v) is 4.08. The van der Waals surface area contributed by atoms with E-state index in [1.165, 1.54) is 0 Å². The van der Waals surface area contributed by atoms with Gasteiger partial charge >= 0.3 is 5.97 Å². The minimum Gasteiger partial charge on any atom is -0.450 e. The molecule has 0 radical (unpaired) electrons. The molecule has 0 N–H and O–H groups in total. The number of rotatable bonds is 4. The van der Waals surface area contributed by atoms with Crippen LogP contribution in [0.25, 0.3) is 0 Å². The van der Waals surface area contributed by atoms with E-state index >= 15 is 0 Å². The Labute approximate surface area is 99.4 Å². The number of alkyl halides is 1. The molecule has 0 saturated carbocycles. The monoisotopic (exact) mass is 240 g/mol. The summed E-state index contributed by atoms with van der Waals surface area (Å²) in [5.74, 6) is -1.10. The first kappa shape index (κ1) is 12.7. The molecular formula is C12H13ClO3. The van der Waals surface area contributed by atoms with Crippen molar-refractivity contribution in [2.45, 2.75) is 19.4 Å². The zero-order valence-corrected chi connectivity index (χ0v) is 9.95. The minimum atomic E-state index is -1.19. The van der Waals surface area contributed by atoms with E-state index in [1.54, 1.807) is 38.1 Å². The van der Waals surface area contributed by atoms with Crippen LogP contribution in [0.2, 0.25) is 0 Å². The van der Waals surface area contributed by atoms with E-state index in [-0.39, 0.29) is 11.7 Å². The summed E-state index contributed by atoms with van der Waals surface area (Å²) in [5.41, 5.74) is -0.678. The third kappa shape index (κ3) is 3.07. The van der Waals surface area contributed by atoms with E-state index in [9.17, 15) is 9.59 Å². The average molecular weight is 241 g/mol. The fraction of sp³-hybridized carbons (Fsp3) is 0.333. The Bertz CT molecular complexity index is 385. The molecule has 3 nitrogen and oxygen atoms in total. The van der Waals surface area contributed by atoms with Crippen LogP contribution in [0.3, 0.4) is 0 Å². The molecule has 0 aliphatic heterocycles. The van der Waals surface area contributed by atoms with Crippen LogP contribution in [-0.2, 0) is 9.53 Å². The van der Waals surface area contributed by atoms with Gasteiger partial charge in [0.1, 0.15) is 5.88 Å². The smallest absolute Gasteiger partial charge is 0.321 e. The van der Waals surface area contributed by atoms with E-state index in [0.29, 0.717) is 5.56 Å². The zero-order chi connectivity index (χ0) is 12.2. The van der Waals surface area contributed by atoms with Gasteiger partial charge in [0.15, 0.2) is 5.60 Å². The molecule has 0 fully saturated rings.